The molecule has 1 aromatic rings. The van der Waals surface area contributed by atoms with Crippen molar-refractivity contribution in [2.24, 2.45) is 0 Å². The van der Waals surface area contributed by atoms with Crippen molar-refractivity contribution in [2.45, 2.75) is 77.9 Å². The second-order valence-electron chi connectivity index (χ2n) is 8.31. The molecule has 0 saturated heterocycles. The zero-order valence-corrected chi connectivity index (χ0v) is 19.8. The monoisotopic (exact) mass is 414 g/mol. The second kappa shape index (κ2) is 13.5. The molecule has 0 radical (unpaired) electrons. The number of unbranched alkanes of at least 4 members (excludes halogenated alkanes) is 3. The molecule has 166 valence electrons. The van der Waals surface area contributed by atoms with Crippen molar-refractivity contribution in [1.82, 2.24) is 0 Å². The van der Waals surface area contributed by atoms with Gasteiger partial charge >= 0.3 is 0 Å². The van der Waals surface area contributed by atoms with Crippen molar-refractivity contribution in [3.63, 3.8) is 0 Å². The molecule has 0 bridgehead atoms. The Labute approximate surface area is 183 Å². The lowest BCUT2D eigenvalue weighted by Crippen LogP contribution is -2.24. The van der Waals surface area contributed by atoms with Gasteiger partial charge in [-0.3, -0.25) is 0 Å². The molecule has 0 saturated carbocycles. The van der Waals surface area contributed by atoms with E-state index in [4.69, 9.17) is 18.9 Å². The molecule has 0 aliphatic heterocycles. The van der Waals surface area contributed by atoms with Gasteiger partial charge in [-0.2, -0.15) is 0 Å². The first kappa shape index (κ1) is 26.2. The highest BCUT2D eigenvalue weighted by molar-refractivity contribution is 5.49. The first-order chi connectivity index (χ1) is 14.3. The van der Waals surface area contributed by atoms with Crippen molar-refractivity contribution < 1.29 is 18.9 Å². The largest absolute Gasteiger partial charge is 0.359 e. The summed E-state index contributed by atoms with van der Waals surface area (Å²) in [6.07, 6.45) is 6.03. The van der Waals surface area contributed by atoms with Gasteiger partial charge in [-0.15, -0.1) is 0 Å². The van der Waals surface area contributed by atoms with Gasteiger partial charge in [0.25, 0.3) is 0 Å². The van der Waals surface area contributed by atoms with Crippen molar-refractivity contribution in [1.29, 1.82) is 0 Å². The summed E-state index contributed by atoms with van der Waals surface area (Å²) in [6.45, 7) is 10.5. The van der Waals surface area contributed by atoms with E-state index in [1.165, 1.54) is 31.2 Å². The first-order valence-electron chi connectivity index (χ1n) is 10.7. The lowest BCUT2D eigenvalue weighted by Gasteiger charge is -2.27. The van der Waals surface area contributed by atoms with E-state index in [0.29, 0.717) is 0 Å². The van der Waals surface area contributed by atoms with E-state index in [1.807, 2.05) is 27.7 Å². The van der Waals surface area contributed by atoms with Gasteiger partial charge in [-0.05, 0) is 69.6 Å². The SMILES string of the molecule is CCCCCCc1ccc(C#CC#CC(C)(C)OCOC)c(C(C)(C)OCOC)c1. The van der Waals surface area contributed by atoms with E-state index in [-0.39, 0.29) is 13.6 Å². The molecule has 30 heavy (non-hydrogen) atoms. The van der Waals surface area contributed by atoms with E-state index in [9.17, 15) is 0 Å². The van der Waals surface area contributed by atoms with Crippen molar-refractivity contribution in [3.05, 3.63) is 34.9 Å². The van der Waals surface area contributed by atoms with Gasteiger partial charge in [0.2, 0.25) is 0 Å². The quantitative estimate of drug-likeness (QED) is 0.260. The lowest BCUT2D eigenvalue weighted by molar-refractivity contribution is -0.118. The lowest BCUT2D eigenvalue weighted by atomic mass is 9.90. The third-order valence-corrected chi connectivity index (χ3v) is 4.75. The van der Waals surface area contributed by atoms with Crippen LogP contribution in [0.15, 0.2) is 18.2 Å². The summed E-state index contributed by atoms with van der Waals surface area (Å²) in [7, 11) is 3.22. The van der Waals surface area contributed by atoms with Crippen LogP contribution in [0, 0.1) is 23.7 Å². The molecule has 0 aromatic heterocycles. The highest BCUT2D eigenvalue weighted by Gasteiger charge is 2.24. The number of methoxy groups -OCH3 is 2. The number of hydrogen-bond acceptors (Lipinski definition) is 4. The minimum Gasteiger partial charge on any atom is -0.359 e. The zero-order chi connectivity index (χ0) is 22.5. The van der Waals surface area contributed by atoms with Crippen molar-refractivity contribution in [2.75, 3.05) is 27.8 Å². The third-order valence-electron chi connectivity index (χ3n) is 4.75. The molecule has 0 unspecified atom stereocenters. The maximum Gasteiger partial charge on any atom is 0.148 e. The maximum absolute atomic E-state index is 5.95. The average molecular weight is 415 g/mol. The molecular weight excluding hydrogens is 376 g/mol. The fraction of sp³-hybridized carbons (Fsp3) is 0.615. The van der Waals surface area contributed by atoms with Gasteiger partial charge < -0.3 is 18.9 Å². The molecule has 1 aromatic carbocycles. The highest BCUT2D eigenvalue weighted by Crippen LogP contribution is 2.29. The molecule has 0 fully saturated rings. The first-order valence-corrected chi connectivity index (χ1v) is 10.7. The van der Waals surface area contributed by atoms with Gasteiger partial charge in [0, 0.05) is 19.8 Å². The van der Waals surface area contributed by atoms with Crippen LogP contribution in [0.3, 0.4) is 0 Å². The van der Waals surface area contributed by atoms with E-state index in [1.54, 1.807) is 14.2 Å². The van der Waals surface area contributed by atoms with E-state index < -0.39 is 11.2 Å². The molecule has 0 N–H and O–H groups in total. The Bertz CT molecular complexity index is 757. The summed E-state index contributed by atoms with van der Waals surface area (Å²) >= 11 is 0. The fourth-order valence-electron chi connectivity index (χ4n) is 2.92. The van der Waals surface area contributed by atoms with E-state index >= 15 is 0 Å². The van der Waals surface area contributed by atoms with E-state index in [2.05, 4.69) is 48.8 Å². The standard InChI is InChI=1S/C26H38O4/c1-8-9-10-11-14-22-16-17-23(24(19-22)26(4,5)30-21-28-7)15-12-13-18-25(2,3)29-20-27-6/h16-17,19H,8-11,14,20-21H2,1-7H3. The second-order valence-corrected chi connectivity index (χ2v) is 8.31. The molecule has 0 spiro atoms. The molecule has 0 aliphatic rings. The Hall–Kier alpha value is -1.82. The molecular formula is C26H38O4. The molecule has 1 rings (SSSR count). The number of hydrogen-bond donors (Lipinski definition) is 0. The molecule has 4 nitrogen and oxygen atoms in total. The fourth-order valence-corrected chi connectivity index (χ4v) is 2.92. The Morgan fingerprint density at radius 2 is 1.57 bits per heavy atom. The topological polar surface area (TPSA) is 36.9 Å². The Kier molecular flexibility index (Phi) is 11.8. The molecule has 0 amide bonds. The van der Waals surface area contributed by atoms with Crippen LogP contribution in [0.4, 0.5) is 0 Å². The van der Waals surface area contributed by atoms with Crippen LogP contribution in [-0.2, 0) is 31.0 Å². The number of benzene rings is 1. The summed E-state index contributed by atoms with van der Waals surface area (Å²) in [6, 6.07) is 6.44. The highest BCUT2D eigenvalue weighted by atomic mass is 16.7. The van der Waals surface area contributed by atoms with Crippen molar-refractivity contribution >= 4 is 0 Å². The molecule has 0 aliphatic carbocycles. The summed E-state index contributed by atoms with van der Waals surface area (Å²) < 4.78 is 21.5. The van der Waals surface area contributed by atoms with Crippen LogP contribution in [0.5, 0.6) is 0 Å². The summed E-state index contributed by atoms with van der Waals surface area (Å²) in [4.78, 5) is 0. The minimum absolute atomic E-state index is 0.198. The summed E-state index contributed by atoms with van der Waals surface area (Å²) in [5, 5.41) is 0. The summed E-state index contributed by atoms with van der Waals surface area (Å²) in [5.41, 5.74) is 2.14. The van der Waals surface area contributed by atoms with E-state index in [0.717, 1.165) is 17.5 Å². The predicted molar refractivity (Wildman–Crippen MR) is 122 cm³/mol. The smallest absolute Gasteiger partial charge is 0.148 e. The van der Waals surface area contributed by atoms with Crippen LogP contribution in [0.25, 0.3) is 0 Å². The number of rotatable bonds is 12. The van der Waals surface area contributed by atoms with Gasteiger partial charge in [-0.25, -0.2) is 0 Å². The number of aryl methyl sites for hydroxylation is 1. The van der Waals surface area contributed by atoms with Crippen molar-refractivity contribution in [3.8, 4) is 23.7 Å². The zero-order valence-electron chi connectivity index (χ0n) is 19.8. The van der Waals surface area contributed by atoms with Gasteiger partial charge in [0.1, 0.15) is 19.2 Å². The minimum atomic E-state index is -0.614. The van der Waals surface area contributed by atoms with Gasteiger partial charge in [0.15, 0.2) is 0 Å². The number of ether oxygens (including phenoxy) is 4. The molecule has 4 heteroatoms. The normalized spacial score (nSPS) is 11.4. The van der Waals surface area contributed by atoms with Gasteiger partial charge in [0.05, 0.1) is 5.60 Å². The third kappa shape index (κ3) is 9.79. The Morgan fingerprint density at radius 3 is 2.23 bits per heavy atom. The van der Waals surface area contributed by atoms with Gasteiger partial charge in [-0.1, -0.05) is 50.2 Å². The Morgan fingerprint density at radius 1 is 0.867 bits per heavy atom. The Balaban J connectivity index is 3.10. The average Bonchev–Trinajstić information content (AvgIpc) is 2.72. The van der Waals surface area contributed by atoms with Crippen LogP contribution >= 0.6 is 0 Å². The molecule has 0 atom stereocenters. The van der Waals surface area contributed by atoms with Crippen LogP contribution in [-0.4, -0.2) is 33.4 Å². The van der Waals surface area contributed by atoms with Crippen LogP contribution < -0.4 is 0 Å². The predicted octanol–water partition coefficient (Wildman–Crippen LogP) is 5.42. The summed E-state index contributed by atoms with van der Waals surface area (Å²) in [5.74, 6) is 12.1. The maximum atomic E-state index is 5.95. The van der Waals surface area contributed by atoms with Crippen LogP contribution in [0.2, 0.25) is 0 Å². The molecule has 0 heterocycles. The van der Waals surface area contributed by atoms with Crippen LogP contribution in [0.1, 0.15) is 77.0 Å².